The van der Waals surface area contributed by atoms with Gasteiger partial charge in [0.15, 0.2) is 0 Å². The van der Waals surface area contributed by atoms with Gasteiger partial charge in [-0.3, -0.25) is 4.99 Å². The van der Waals surface area contributed by atoms with Crippen molar-refractivity contribution in [2.75, 3.05) is 13.2 Å². The van der Waals surface area contributed by atoms with Gasteiger partial charge in [0.25, 0.3) is 0 Å². The van der Waals surface area contributed by atoms with Crippen LogP contribution in [-0.4, -0.2) is 31.6 Å². The number of hydrogen-bond donors (Lipinski definition) is 0. The molecule has 0 spiro atoms. The van der Waals surface area contributed by atoms with Crippen LogP contribution in [-0.2, 0) is 9.47 Å². The van der Waals surface area contributed by atoms with Gasteiger partial charge >= 0.3 is 6.18 Å². The Morgan fingerprint density at radius 1 is 1.30 bits per heavy atom. The molecule has 0 aliphatic rings. The summed E-state index contributed by atoms with van der Waals surface area (Å²) < 4.78 is 46.5. The maximum Gasteiger partial charge on any atom is 0.448 e. The lowest BCUT2D eigenvalue weighted by Crippen LogP contribution is -2.21. The number of nitrogens with zero attached hydrogens (tertiary/aromatic N) is 1. The summed E-state index contributed by atoms with van der Waals surface area (Å²) in [5.74, 6) is -1.31. The van der Waals surface area contributed by atoms with Gasteiger partial charge in [-0.25, -0.2) is 0 Å². The molecule has 0 amide bonds. The number of alkyl halides is 3. The molecule has 0 aromatic carbocycles. The summed E-state index contributed by atoms with van der Waals surface area (Å²) in [5, 5.41) is 0. The Kier molecular flexibility index (Phi) is 8.22. The quantitative estimate of drug-likeness (QED) is 0.364. The molecule has 0 aliphatic carbocycles. The van der Waals surface area contributed by atoms with E-state index in [0.717, 1.165) is 6.42 Å². The molecule has 0 aromatic rings. The van der Waals surface area contributed by atoms with Crippen molar-refractivity contribution in [3.05, 3.63) is 24.7 Å². The second-order valence-electron chi connectivity index (χ2n) is 4.65. The van der Waals surface area contributed by atoms with E-state index in [1.807, 2.05) is 20.8 Å². The monoisotopic (exact) mass is 293 g/mol. The fourth-order valence-corrected chi connectivity index (χ4v) is 1.18. The number of ether oxygens (including phenoxy) is 2. The molecular weight excluding hydrogens is 271 g/mol. The smallest absolute Gasteiger partial charge is 0.448 e. The zero-order valence-corrected chi connectivity index (χ0v) is 12.2. The molecule has 0 heterocycles. The fraction of sp³-hybridized carbons (Fsp3) is 0.643. The second kappa shape index (κ2) is 8.79. The van der Waals surface area contributed by atoms with Crippen molar-refractivity contribution in [2.24, 2.45) is 10.9 Å². The van der Waals surface area contributed by atoms with Crippen LogP contribution in [0.15, 0.2) is 29.7 Å². The number of rotatable bonds is 9. The SMILES string of the molecule is C=C(C=N[C@@H](COCCC)C(C)C)OC(=C)C(F)(F)F. The largest absolute Gasteiger partial charge is 0.452 e. The maximum absolute atomic E-state index is 12.2. The molecule has 0 fully saturated rings. The molecule has 0 radical (unpaired) electrons. The first-order valence-corrected chi connectivity index (χ1v) is 6.42. The summed E-state index contributed by atoms with van der Waals surface area (Å²) in [5.41, 5.74) is 0. The molecular formula is C14H22F3NO2. The first-order chi connectivity index (χ1) is 9.18. The maximum atomic E-state index is 12.2. The number of allylic oxidation sites excluding steroid dienone is 2. The van der Waals surface area contributed by atoms with Gasteiger partial charge in [0.1, 0.15) is 5.76 Å². The molecule has 0 aromatic heterocycles. The summed E-state index contributed by atoms with van der Waals surface area (Å²) in [6.07, 6.45) is -2.52. The summed E-state index contributed by atoms with van der Waals surface area (Å²) >= 11 is 0. The molecule has 0 bridgehead atoms. The Balaban J connectivity index is 4.41. The molecule has 0 saturated carbocycles. The van der Waals surface area contributed by atoms with E-state index < -0.39 is 11.9 Å². The van der Waals surface area contributed by atoms with Crippen molar-refractivity contribution in [3.63, 3.8) is 0 Å². The van der Waals surface area contributed by atoms with Gasteiger partial charge in [0, 0.05) is 6.61 Å². The summed E-state index contributed by atoms with van der Waals surface area (Å²) in [4.78, 5) is 4.15. The topological polar surface area (TPSA) is 30.8 Å². The lowest BCUT2D eigenvalue weighted by Gasteiger charge is -2.17. The van der Waals surface area contributed by atoms with Gasteiger partial charge in [0.05, 0.1) is 18.9 Å². The Labute approximate surface area is 118 Å². The minimum Gasteiger partial charge on any atom is -0.452 e. The van der Waals surface area contributed by atoms with E-state index in [4.69, 9.17) is 4.74 Å². The van der Waals surface area contributed by atoms with Crippen molar-refractivity contribution in [1.29, 1.82) is 0 Å². The average molecular weight is 293 g/mol. The van der Waals surface area contributed by atoms with Crippen LogP contribution in [0, 0.1) is 5.92 Å². The third-order valence-corrected chi connectivity index (χ3v) is 2.39. The van der Waals surface area contributed by atoms with Gasteiger partial charge in [-0.15, -0.1) is 0 Å². The van der Waals surface area contributed by atoms with E-state index in [1.165, 1.54) is 6.21 Å². The zero-order valence-electron chi connectivity index (χ0n) is 12.2. The van der Waals surface area contributed by atoms with Gasteiger partial charge in [-0.05, 0) is 12.3 Å². The van der Waals surface area contributed by atoms with E-state index in [-0.39, 0.29) is 17.7 Å². The van der Waals surface area contributed by atoms with Crippen LogP contribution in [0.25, 0.3) is 0 Å². The predicted octanol–water partition coefficient (Wildman–Crippen LogP) is 4.11. The molecule has 0 N–H and O–H groups in total. The van der Waals surface area contributed by atoms with Crippen molar-refractivity contribution >= 4 is 6.21 Å². The van der Waals surface area contributed by atoms with Gasteiger partial charge < -0.3 is 9.47 Å². The summed E-state index contributed by atoms with van der Waals surface area (Å²) in [6, 6.07) is -0.152. The van der Waals surface area contributed by atoms with Gasteiger partial charge in [-0.1, -0.05) is 33.9 Å². The molecule has 116 valence electrons. The number of hydrogen-bond acceptors (Lipinski definition) is 3. The molecule has 20 heavy (non-hydrogen) atoms. The highest BCUT2D eigenvalue weighted by Crippen LogP contribution is 2.26. The lowest BCUT2D eigenvalue weighted by molar-refractivity contribution is -0.122. The van der Waals surface area contributed by atoms with E-state index in [2.05, 4.69) is 22.9 Å². The first kappa shape index (κ1) is 18.7. The minimum absolute atomic E-state index is 0.152. The molecule has 3 nitrogen and oxygen atoms in total. The van der Waals surface area contributed by atoms with Crippen LogP contribution in [0.5, 0.6) is 0 Å². The fourth-order valence-electron chi connectivity index (χ4n) is 1.18. The van der Waals surface area contributed by atoms with E-state index in [1.54, 1.807) is 0 Å². The highest BCUT2D eigenvalue weighted by molar-refractivity contribution is 5.75. The third-order valence-electron chi connectivity index (χ3n) is 2.39. The molecule has 0 aliphatic heterocycles. The Morgan fingerprint density at radius 2 is 1.90 bits per heavy atom. The number of aliphatic imine (C=N–C) groups is 1. The summed E-state index contributed by atoms with van der Waals surface area (Å²) in [7, 11) is 0. The van der Waals surface area contributed by atoms with Crippen molar-refractivity contribution < 1.29 is 22.6 Å². The van der Waals surface area contributed by atoms with E-state index in [0.29, 0.717) is 13.2 Å². The highest BCUT2D eigenvalue weighted by atomic mass is 19.4. The predicted molar refractivity (Wildman–Crippen MR) is 73.6 cm³/mol. The van der Waals surface area contributed by atoms with E-state index >= 15 is 0 Å². The normalized spacial score (nSPS) is 13.8. The van der Waals surface area contributed by atoms with Crippen molar-refractivity contribution in [1.82, 2.24) is 0 Å². The molecule has 0 unspecified atom stereocenters. The molecule has 0 rings (SSSR count). The van der Waals surface area contributed by atoms with Crippen LogP contribution < -0.4 is 0 Å². The van der Waals surface area contributed by atoms with Crippen LogP contribution in [0.4, 0.5) is 13.2 Å². The van der Waals surface area contributed by atoms with Crippen LogP contribution in [0.3, 0.4) is 0 Å². The van der Waals surface area contributed by atoms with Crippen LogP contribution in [0.2, 0.25) is 0 Å². The van der Waals surface area contributed by atoms with Crippen LogP contribution in [0.1, 0.15) is 27.2 Å². The summed E-state index contributed by atoms with van der Waals surface area (Å²) in [6.45, 7) is 13.1. The van der Waals surface area contributed by atoms with Crippen LogP contribution >= 0.6 is 0 Å². The number of halogens is 3. The zero-order chi connectivity index (χ0) is 15.8. The van der Waals surface area contributed by atoms with Gasteiger partial charge in [0.2, 0.25) is 5.76 Å². The average Bonchev–Trinajstić information content (AvgIpc) is 2.31. The highest BCUT2D eigenvalue weighted by Gasteiger charge is 2.34. The third kappa shape index (κ3) is 7.99. The second-order valence-corrected chi connectivity index (χ2v) is 4.65. The Hall–Kier alpha value is -1.30. The van der Waals surface area contributed by atoms with Crippen molar-refractivity contribution in [2.45, 2.75) is 39.4 Å². The molecule has 6 heteroatoms. The Bertz CT molecular complexity index is 349. The minimum atomic E-state index is -4.60. The molecule has 0 saturated heterocycles. The standard InChI is InChI=1S/C14H22F3NO2/c1-6-7-19-9-13(10(2)3)18-8-11(4)20-12(5)14(15,16)17/h8,10,13H,4-7,9H2,1-3H3/t13-/m0/s1. The molecule has 1 atom stereocenters. The van der Waals surface area contributed by atoms with E-state index in [9.17, 15) is 13.2 Å². The lowest BCUT2D eigenvalue weighted by atomic mass is 10.1. The van der Waals surface area contributed by atoms with Gasteiger partial charge in [-0.2, -0.15) is 13.2 Å². The van der Waals surface area contributed by atoms with Crippen molar-refractivity contribution in [3.8, 4) is 0 Å². The Morgan fingerprint density at radius 3 is 2.35 bits per heavy atom. The first-order valence-electron chi connectivity index (χ1n) is 6.42.